The number of aromatic hydroxyl groups is 1. The number of phenolic OH excluding ortho intramolecular Hbond substituents is 1. The smallest absolute Gasteiger partial charge is 0.270 e. The Balaban J connectivity index is 2.07. The number of ether oxygens (including phenoxy) is 2. The van der Waals surface area contributed by atoms with E-state index >= 15 is 0 Å². The van der Waals surface area contributed by atoms with Crippen LogP contribution in [0.4, 0.5) is 0 Å². The number of nitriles is 1. The van der Waals surface area contributed by atoms with Crippen LogP contribution < -0.4 is 15.0 Å². The molecule has 0 aliphatic heterocycles. The topological polar surface area (TPSA) is 129 Å². The van der Waals surface area contributed by atoms with Gasteiger partial charge in [0.05, 0.1) is 25.6 Å². The van der Waals surface area contributed by atoms with E-state index in [9.17, 15) is 15.2 Å². The molecule has 9 nitrogen and oxygen atoms in total. The van der Waals surface area contributed by atoms with Crippen LogP contribution in [0, 0.1) is 16.1 Å². The number of hydrogen-bond acceptors (Lipinski definition) is 7. The Labute approximate surface area is 187 Å². The van der Waals surface area contributed by atoms with Crippen LogP contribution in [0.2, 0.25) is 0 Å². The number of hydrogen-bond donors (Lipinski definition) is 3. The number of nitrogens with zero attached hydrogens (tertiary/aromatic N) is 3. The molecule has 0 amide bonds. The number of para-hydroxylation sites is 1. The second-order valence-electron chi connectivity index (χ2n) is 6.64. The number of rotatable bonds is 5. The van der Waals surface area contributed by atoms with E-state index in [-0.39, 0.29) is 27.5 Å². The van der Waals surface area contributed by atoms with Crippen LogP contribution in [-0.4, -0.2) is 39.1 Å². The summed E-state index contributed by atoms with van der Waals surface area (Å²) in [6, 6.07) is 14.4. The van der Waals surface area contributed by atoms with Crippen molar-refractivity contribution >= 4 is 12.2 Å². The molecule has 0 saturated carbocycles. The largest absolute Gasteiger partial charge is 0.504 e. The van der Waals surface area contributed by atoms with Gasteiger partial charge in [-0.05, 0) is 36.5 Å². The van der Waals surface area contributed by atoms with Gasteiger partial charge >= 0.3 is 0 Å². The number of aromatic amines is 2. The van der Waals surface area contributed by atoms with Gasteiger partial charge in [0.15, 0.2) is 16.3 Å². The van der Waals surface area contributed by atoms with Crippen molar-refractivity contribution in [1.82, 2.24) is 19.7 Å². The van der Waals surface area contributed by atoms with E-state index in [1.165, 1.54) is 14.2 Å². The van der Waals surface area contributed by atoms with Crippen LogP contribution in [0.15, 0.2) is 53.5 Å². The monoisotopic (exact) mass is 447 g/mol. The number of methoxy groups -OCH3 is 2. The molecule has 160 valence electrons. The van der Waals surface area contributed by atoms with Crippen molar-refractivity contribution in [3.8, 4) is 51.5 Å². The molecule has 2 aromatic heterocycles. The molecule has 2 heterocycles. The number of benzene rings is 2. The van der Waals surface area contributed by atoms with Crippen LogP contribution in [0.5, 0.6) is 17.2 Å². The Morgan fingerprint density at radius 1 is 1.09 bits per heavy atom. The maximum atomic E-state index is 12.4. The second-order valence-corrected chi connectivity index (χ2v) is 7.05. The van der Waals surface area contributed by atoms with Crippen molar-refractivity contribution in [3.63, 3.8) is 0 Å². The van der Waals surface area contributed by atoms with E-state index in [2.05, 4.69) is 15.1 Å². The predicted molar refractivity (Wildman–Crippen MR) is 120 cm³/mol. The molecular weight excluding hydrogens is 430 g/mol. The first-order chi connectivity index (χ1) is 15.5. The maximum absolute atomic E-state index is 12.4. The van der Waals surface area contributed by atoms with Crippen LogP contribution in [-0.2, 0) is 0 Å². The summed E-state index contributed by atoms with van der Waals surface area (Å²) in [7, 11) is 2.87. The fraction of sp³-hybridized carbons (Fsp3) is 0.0909. The fourth-order valence-electron chi connectivity index (χ4n) is 3.37. The summed E-state index contributed by atoms with van der Waals surface area (Å²) in [6.45, 7) is 0. The highest BCUT2D eigenvalue weighted by Crippen LogP contribution is 2.45. The molecule has 32 heavy (non-hydrogen) atoms. The van der Waals surface area contributed by atoms with E-state index in [0.717, 1.165) is 5.69 Å². The highest BCUT2D eigenvalue weighted by atomic mass is 32.1. The molecule has 0 radical (unpaired) electrons. The Kier molecular flexibility index (Phi) is 5.49. The summed E-state index contributed by atoms with van der Waals surface area (Å²) in [6.07, 6.45) is 1.65. The van der Waals surface area contributed by atoms with Gasteiger partial charge in [-0.3, -0.25) is 9.78 Å². The van der Waals surface area contributed by atoms with Gasteiger partial charge in [-0.2, -0.15) is 10.4 Å². The average Bonchev–Trinajstić information content (AvgIpc) is 3.24. The molecule has 0 atom stereocenters. The van der Waals surface area contributed by atoms with Gasteiger partial charge in [0.25, 0.3) is 5.56 Å². The predicted octanol–water partition coefficient (Wildman–Crippen LogP) is 3.55. The lowest BCUT2D eigenvalue weighted by atomic mass is 10.0. The lowest BCUT2D eigenvalue weighted by Gasteiger charge is -2.12. The first-order valence-electron chi connectivity index (χ1n) is 9.35. The highest BCUT2D eigenvalue weighted by Gasteiger charge is 2.24. The summed E-state index contributed by atoms with van der Waals surface area (Å²) >= 11 is 5.12. The van der Waals surface area contributed by atoms with E-state index in [0.29, 0.717) is 22.6 Å². The zero-order valence-electron chi connectivity index (χ0n) is 17.0. The van der Waals surface area contributed by atoms with Gasteiger partial charge in [-0.25, -0.2) is 4.68 Å². The van der Waals surface area contributed by atoms with E-state index in [4.69, 9.17) is 21.7 Å². The minimum Gasteiger partial charge on any atom is -0.504 e. The van der Waals surface area contributed by atoms with Gasteiger partial charge in [0.1, 0.15) is 17.3 Å². The Morgan fingerprint density at radius 2 is 1.84 bits per heavy atom. The van der Waals surface area contributed by atoms with Crippen LogP contribution >= 0.6 is 12.2 Å². The molecule has 0 unspecified atom stereocenters. The summed E-state index contributed by atoms with van der Waals surface area (Å²) in [5.74, 6) is 0.268. The van der Waals surface area contributed by atoms with Crippen molar-refractivity contribution in [2.45, 2.75) is 0 Å². The number of phenols is 1. The van der Waals surface area contributed by atoms with Gasteiger partial charge in [-0.1, -0.05) is 18.2 Å². The Morgan fingerprint density at radius 3 is 2.50 bits per heavy atom. The SMILES string of the molecule is COc1ccc(-c2nn(-c3ccccc3)cc2-c2[nH]c(=S)[nH]c(=O)c2C#N)c(O)c1OC. The maximum Gasteiger partial charge on any atom is 0.270 e. The van der Waals surface area contributed by atoms with Gasteiger partial charge in [0.2, 0.25) is 5.75 Å². The minimum atomic E-state index is -0.624. The molecule has 0 spiro atoms. The first-order valence-corrected chi connectivity index (χ1v) is 9.75. The summed E-state index contributed by atoms with van der Waals surface area (Å²) < 4.78 is 12.2. The number of H-pyrrole nitrogens is 2. The zero-order chi connectivity index (χ0) is 22.8. The van der Waals surface area contributed by atoms with Crippen molar-refractivity contribution in [2.24, 2.45) is 0 Å². The third kappa shape index (κ3) is 3.51. The second kappa shape index (κ2) is 8.41. The Hall–Kier alpha value is -4.36. The lowest BCUT2D eigenvalue weighted by molar-refractivity contribution is 0.333. The normalized spacial score (nSPS) is 10.5. The first kappa shape index (κ1) is 20.9. The molecule has 2 aromatic carbocycles. The Bertz CT molecular complexity index is 1460. The highest BCUT2D eigenvalue weighted by molar-refractivity contribution is 7.71. The van der Waals surface area contributed by atoms with Crippen molar-refractivity contribution in [2.75, 3.05) is 14.2 Å². The third-order valence-electron chi connectivity index (χ3n) is 4.83. The summed E-state index contributed by atoms with van der Waals surface area (Å²) in [5, 5.41) is 25.2. The molecule has 0 aliphatic carbocycles. The fourth-order valence-corrected chi connectivity index (χ4v) is 3.56. The third-order valence-corrected chi connectivity index (χ3v) is 5.04. The molecule has 0 bridgehead atoms. The van der Waals surface area contributed by atoms with Gasteiger partial charge < -0.3 is 19.6 Å². The molecule has 0 saturated heterocycles. The lowest BCUT2D eigenvalue weighted by Crippen LogP contribution is -2.13. The molecule has 0 fully saturated rings. The van der Waals surface area contributed by atoms with Crippen molar-refractivity contribution in [1.29, 1.82) is 5.26 Å². The number of aromatic nitrogens is 4. The quantitative estimate of drug-likeness (QED) is 0.399. The van der Waals surface area contributed by atoms with Crippen molar-refractivity contribution < 1.29 is 14.6 Å². The standard InChI is InChI=1S/C22H17N5O4S/c1-30-16-9-8-13(19(28)20(16)31-2)18-15(11-27(26-18)12-6-4-3-5-7-12)17-14(10-23)21(29)25-22(32)24-17/h3-9,11,28H,1-2H3,(H2,24,25,29,32). The van der Waals surface area contributed by atoms with E-state index < -0.39 is 5.56 Å². The van der Waals surface area contributed by atoms with Crippen LogP contribution in [0.25, 0.3) is 28.2 Å². The molecular formula is C22H17N5O4S. The molecule has 4 aromatic rings. The molecule has 4 rings (SSSR count). The van der Waals surface area contributed by atoms with Crippen LogP contribution in [0.1, 0.15) is 5.56 Å². The summed E-state index contributed by atoms with van der Waals surface area (Å²) in [4.78, 5) is 17.6. The van der Waals surface area contributed by atoms with Gasteiger partial charge in [-0.15, -0.1) is 0 Å². The molecule has 3 N–H and O–H groups in total. The van der Waals surface area contributed by atoms with E-state index in [1.54, 1.807) is 23.0 Å². The average molecular weight is 447 g/mol. The molecule has 10 heteroatoms. The van der Waals surface area contributed by atoms with Crippen LogP contribution in [0.3, 0.4) is 0 Å². The zero-order valence-corrected chi connectivity index (χ0v) is 17.9. The summed E-state index contributed by atoms with van der Waals surface area (Å²) in [5.41, 5.74) is 1.16. The van der Waals surface area contributed by atoms with Gasteiger partial charge in [0, 0.05) is 17.3 Å². The number of nitrogens with one attached hydrogen (secondary N) is 2. The van der Waals surface area contributed by atoms with Crippen molar-refractivity contribution in [3.05, 3.63) is 69.3 Å². The van der Waals surface area contributed by atoms with E-state index in [1.807, 2.05) is 36.4 Å². The minimum absolute atomic E-state index is 0.0546. The molecule has 0 aliphatic rings.